The number of piperazine rings is 1. The Balaban J connectivity index is 1.92. The second-order valence-corrected chi connectivity index (χ2v) is 7.50. The Bertz CT molecular complexity index is 329. The van der Waals surface area contributed by atoms with Crippen LogP contribution in [0.5, 0.6) is 0 Å². The zero-order chi connectivity index (χ0) is 11.6. The van der Waals surface area contributed by atoms with Crippen molar-refractivity contribution in [3.63, 3.8) is 0 Å². The van der Waals surface area contributed by atoms with Crippen molar-refractivity contribution in [2.24, 2.45) is 0 Å². The van der Waals surface area contributed by atoms with Gasteiger partial charge in [0.1, 0.15) is 0 Å². The Labute approximate surface area is 98.3 Å². The molecule has 2 rings (SSSR count). The van der Waals surface area contributed by atoms with E-state index in [4.69, 9.17) is 0 Å². The fourth-order valence-corrected chi connectivity index (χ4v) is 4.60. The zero-order valence-electron chi connectivity index (χ0n) is 9.98. The molecule has 0 bridgehead atoms. The number of sulfone groups is 1. The predicted molar refractivity (Wildman–Crippen MR) is 65.3 cm³/mol. The molecule has 16 heavy (non-hydrogen) atoms. The molecule has 0 aromatic rings. The van der Waals surface area contributed by atoms with Crippen molar-refractivity contribution in [3.8, 4) is 0 Å². The summed E-state index contributed by atoms with van der Waals surface area (Å²) in [5.41, 5.74) is 0. The van der Waals surface area contributed by atoms with Crippen molar-refractivity contribution >= 4 is 9.84 Å². The Morgan fingerprint density at radius 1 is 1.38 bits per heavy atom. The average Bonchev–Trinajstić information content (AvgIpc) is 2.21. The molecule has 5 heteroatoms. The van der Waals surface area contributed by atoms with Crippen LogP contribution in [0.25, 0.3) is 0 Å². The molecule has 2 heterocycles. The first kappa shape index (κ1) is 12.3. The second-order valence-electron chi connectivity index (χ2n) is 5.10. The smallest absolute Gasteiger partial charge is 0.154 e. The molecule has 0 amide bonds. The van der Waals surface area contributed by atoms with Crippen LogP contribution in [0.15, 0.2) is 0 Å². The largest absolute Gasteiger partial charge is 0.312 e. The molecule has 94 valence electrons. The van der Waals surface area contributed by atoms with Crippen molar-refractivity contribution in [1.29, 1.82) is 0 Å². The molecule has 2 atom stereocenters. The van der Waals surface area contributed by atoms with Crippen molar-refractivity contribution in [2.75, 3.05) is 31.9 Å². The Hall–Kier alpha value is -0.130. The van der Waals surface area contributed by atoms with Gasteiger partial charge in [0.25, 0.3) is 0 Å². The van der Waals surface area contributed by atoms with Gasteiger partial charge in [-0.15, -0.1) is 0 Å². The van der Waals surface area contributed by atoms with E-state index < -0.39 is 9.84 Å². The van der Waals surface area contributed by atoms with Gasteiger partial charge in [-0.2, -0.15) is 0 Å². The SMILES string of the molecule is CC1CN(CC2CCCCS2(=O)=O)CCN1. The molecule has 2 fully saturated rings. The molecule has 0 spiro atoms. The lowest BCUT2D eigenvalue weighted by Gasteiger charge is -2.35. The molecule has 1 N–H and O–H groups in total. The van der Waals surface area contributed by atoms with E-state index in [-0.39, 0.29) is 5.25 Å². The molecule has 4 nitrogen and oxygen atoms in total. The van der Waals surface area contributed by atoms with Crippen LogP contribution in [0.1, 0.15) is 26.2 Å². The maximum Gasteiger partial charge on any atom is 0.154 e. The van der Waals surface area contributed by atoms with Crippen LogP contribution in [0.3, 0.4) is 0 Å². The fourth-order valence-electron chi connectivity index (χ4n) is 2.69. The predicted octanol–water partition coefficient (Wildman–Crippen LogP) is 0.247. The van der Waals surface area contributed by atoms with Crippen molar-refractivity contribution in [1.82, 2.24) is 10.2 Å². The van der Waals surface area contributed by atoms with Gasteiger partial charge in [0.2, 0.25) is 0 Å². The number of hydrogen-bond acceptors (Lipinski definition) is 4. The molecule has 0 saturated carbocycles. The van der Waals surface area contributed by atoms with E-state index >= 15 is 0 Å². The standard InChI is InChI=1S/C11H22N2O2S/c1-10-8-13(6-5-12-10)9-11-4-2-3-7-16(11,14)15/h10-12H,2-9H2,1H3. The molecule has 0 radical (unpaired) electrons. The maximum atomic E-state index is 11.9. The summed E-state index contributed by atoms with van der Waals surface area (Å²) in [5.74, 6) is 0.402. The highest BCUT2D eigenvalue weighted by Crippen LogP contribution is 2.20. The summed E-state index contributed by atoms with van der Waals surface area (Å²) >= 11 is 0. The first-order valence-electron chi connectivity index (χ1n) is 6.25. The van der Waals surface area contributed by atoms with Crippen LogP contribution in [-0.2, 0) is 9.84 Å². The summed E-state index contributed by atoms with van der Waals surface area (Å²) in [7, 11) is -2.80. The van der Waals surface area contributed by atoms with E-state index in [1.54, 1.807) is 0 Å². The average molecular weight is 246 g/mol. The number of nitrogens with zero attached hydrogens (tertiary/aromatic N) is 1. The fraction of sp³-hybridized carbons (Fsp3) is 1.00. The van der Waals surface area contributed by atoms with Crippen LogP contribution in [0, 0.1) is 0 Å². The van der Waals surface area contributed by atoms with Crippen molar-refractivity contribution in [3.05, 3.63) is 0 Å². The van der Waals surface area contributed by atoms with Gasteiger partial charge in [-0.25, -0.2) is 8.42 Å². The number of rotatable bonds is 2. The van der Waals surface area contributed by atoms with E-state index in [9.17, 15) is 8.42 Å². The highest BCUT2D eigenvalue weighted by atomic mass is 32.2. The van der Waals surface area contributed by atoms with Gasteiger partial charge in [-0.3, -0.25) is 4.90 Å². The summed E-state index contributed by atoms with van der Waals surface area (Å²) in [6.45, 7) is 5.84. The minimum Gasteiger partial charge on any atom is -0.312 e. The minimum absolute atomic E-state index is 0.105. The summed E-state index contributed by atoms with van der Waals surface area (Å²) < 4.78 is 23.8. The summed E-state index contributed by atoms with van der Waals surface area (Å²) in [4.78, 5) is 2.30. The maximum absolute atomic E-state index is 11.9. The summed E-state index contributed by atoms with van der Waals surface area (Å²) in [6.07, 6.45) is 2.79. The van der Waals surface area contributed by atoms with E-state index in [1.165, 1.54) is 0 Å². The van der Waals surface area contributed by atoms with Crippen LogP contribution in [0.4, 0.5) is 0 Å². The van der Waals surface area contributed by atoms with E-state index in [1.807, 2.05) is 0 Å². The molecule has 0 aromatic carbocycles. The molecule has 2 saturated heterocycles. The van der Waals surface area contributed by atoms with Crippen molar-refractivity contribution in [2.45, 2.75) is 37.5 Å². The van der Waals surface area contributed by atoms with Gasteiger partial charge < -0.3 is 5.32 Å². The summed E-state index contributed by atoms with van der Waals surface area (Å²) in [6, 6.07) is 0.486. The van der Waals surface area contributed by atoms with E-state index in [2.05, 4.69) is 17.1 Å². The topological polar surface area (TPSA) is 49.4 Å². The van der Waals surface area contributed by atoms with Crippen LogP contribution >= 0.6 is 0 Å². The van der Waals surface area contributed by atoms with E-state index in [0.717, 1.165) is 45.4 Å². The van der Waals surface area contributed by atoms with Gasteiger partial charge in [-0.05, 0) is 19.8 Å². The van der Waals surface area contributed by atoms with Gasteiger partial charge in [-0.1, -0.05) is 6.42 Å². The van der Waals surface area contributed by atoms with Crippen LogP contribution in [0.2, 0.25) is 0 Å². The van der Waals surface area contributed by atoms with Gasteiger partial charge in [0.15, 0.2) is 9.84 Å². The van der Waals surface area contributed by atoms with Gasteiger partial charge >= 0.3 is 0 Å². The molecule has 2 unspecified atom stereocenters. The van der Waals surface area contributed by atoms with Crippen LogP contribution in [-0.4, -0.2) is 56.5 Å². The quantitative estimate of drug-likeness (QED) is 0.759. The number of nitrogens with one attached hydrogen (secondary N) is 1. The van der Waals surface area contributed by atoms with Gasteiger partial charge in [0, 0.05) is 32.2 Å². The molecule has 2 aliphatic heterocycles. The third-order valence-corrected chi connectivity index (χ3v) is 5.89. The first-order chi connectivity index (χ1) is 7.58. The molecular weight excluding hydrogens is 224 g/mol. The zero-order valence-corrected chi connectivity index (χ0v) is 10.8. The highest BCUT2D eigenvalue weighted by molar-refractivity contribution is 7.92. The minimum atomic E-state index is -2.80. The normalized spacial score (nSPS) is 36.1. The number of hydrogen-bond donors (Lipinski definition) is 1. The van der Waals surface area contributed by atoms with Gasteiger partial charge in [0.05, 0.1) is 11.0 Å². The van der Waals surface area contributed by atoms with Crippen molar-refractivity contribution < 1.29 is 8.42 Å². The third kappa shape index (κ3) is 2.96. The van der Waals surface area contributed by atoms with Crippen LogP contribution < -0.4 is 5.32 Å². The Morgan fingerprint density at radius 3 is 2.88 bits per heavy atom. The monoisotopic (exact) mass is 246 g/mol. The highest BCUT2D eigenvalue weighted by Gasteiger charge is 2.31. The lowest BCUT2D eigenvalue weighted by molar-refractivity contribution is 0.203. The summed E-state index contributed by atoms with van der Waals surface area (Å²) in [5, 5.41) is 3.27. The Kier molecular flexibility index (Phi) is 3.87. The lowest BCUT2D eigenvalue weighted by atomic mass is 10.1. The molecular formula is C11H22N2O2S. The second kappa shape index (κ2) is 5.02. The van der Waals surface area contributed by atoms with E-state index in [0.29, 0.717) is 11.8 Å². The molecule has 0 aliphatic carbocycles. The lowest BCUT2D eigenvalue weighted by Crippen LogP contribution is -2.52. The first-order valence-corrected chi connectivity index (χ1v) is 7.97. The molecule has 2 aliphatic rings. The third-order valence-electron chi connectivity index (χ3n) is 3.63. The Morgan fingerprint density at radius 2 is 2.19 bits per heavy atom. The molecule has 0 aromatic heterocycles.